The number of benzene rings is 1. The van der Waals surface area contributed by atoms with Crippen LogP contribution in [0.1, 0.15) is 15.9 Å². The first-order chi connectivity index (χ1) is 9.19. The average Bonchev–Trinajstić information content (AvgIpc) is 2.46. The summed E-state index contributed by atoms with van der Waals surface area (Å²) in [5.74, 6) is 0.167. The Balaban J connectivity index is 1.95. The molecule has 1 aromatic carbocycles. The van der Waals surface area contributed by atoms with E-state index in [0.29, 0.717) is 18.0 Å². The standard InChI is InChI=1S/C14H15N3O2/c1-19-13-7-2-10(9-17-13)8-16-12-5-3-11(4-6-12)14(15)18/h2-7,9,16H,8H2,1H3,(H2,15,18). The quantitative estimate of drug-likeness (QED) is 0.856. The summed E-state index contributed by atoms with van der Waals surface area (Å²) in [6.45, 7) is 0.646. The summed E-state index contributed by atoms with van der Waals surface area (Å²) >= 11 is 0. The Kier molecular flexibility index (Phi) is 3.97. The zero-order chi connectivity index (χ0) is 13.7. The second-order valence-electron chi connectivity index (χ2n) is 4.00. The van der Waals surface area contributed by atoms with Gasteiger partial charge in [0.25, 0.3) is 0 Å². The van der Waals surface area contributed by atoms with Crippen molar-refractivity contribution in [3.8, 4) is 5.88 Å². The maximum atomic E-state index is 10.9. The molecule has 1 aromatic heterocycles. The van der Waals surface area contributed by atoms with Crippen molar-refractivity contribution in [1.29, 1.82) is 0 Å². The van der Waals surface area contributed by atoms with Crippen LogP contribution in [0.5, 0.6) is 5.88 Å². The number of amides is 1. The van der Waals surface area contributed by atoms with E-state index in [1.54, 1.807) is 25.4 Å². The van der Waals surface area contributed by atoms with Crippen LogP contribution in [-0.4, -0.2) is 18.0 Å². The van der Waals surface area contributed by atoms with Crippen LogP contribution in [0.4, 0.5) is 5.69 Å². The monoisotopic (exact) mass is 257 g/mol. The smallest absolute Gasteiger partial charge is 0.248 e. The van der Waals surface area contributed by atoms with Crippen molar-refractivity contribution in [3.05, 3.63) is 53.7 Å². The predicted octanol–water partition coefficient (Wildman–Crippen LogP) is 1.80. The number of primary amides is 1. The zero-order valence-electron chi connectivity index (χ0n) is 10.6. The molecule has 0 saturated carbocycles. The van der Waals surface area contributed by atoms with E-state index >= 15 is 0 Å². The molecule has 5 nitrogen and oxygen atoms in total. The van der Waals surface area contributed by atoms with Gasteiger partial charge < -0.3 is 15.8 Å². The first-order valence-corrected chi connectivity index (χ1v) is 5.81. The molecule has 2 aromatic rings. The van der Waals surface area contributed by atoms with Crippen molar-refractivity contribution in [3.63, 3.8) is 0 Å². The van der Waals surface area contributed by atoms with E-state index in [-0.39, 0.29) is 0 Å². The second-order valence-corrected chi connectivity index (χ2v) is 4.00. The lowest BCUT2D eigenvalue weighted by molar-refractivity contribution is 0.100. The normalized spacial score (nSPS) is 9.95. The predicted molar refractivity (Wildman–Crippen MR) is 73.1 cm³/mol. The molecule has 5 heteroatoms. The van der Waals surface area contributed by atoms with E-state index < -0.39 is 5.91 Å². The van der Waals surface area contributed by atoms with Crippen LogP contribution in [0.25, 0.3) is 0 Å². The van der Waals surface area contributed by atoms with Gasteiger partial charge >= 0.3 is 0 Å². The van der Waals surface area contributed by atoms with Gasteiger partial charge in [0.05, 0.1) is 7.11 Å². The van der Waals surface area contributed by atoms with Gasteiger partial charge in [0.1, 0.15) is 0 Å². The van der Waals surface area contributed by atoms with Gasteiger partial charge in [-0.05, 0) is 29.8 Å². The molecule has 1 amide bonds. The number of nitrogens with one attached hydrogen (secondary N) is 1. The van der Waals surface area contributed by atoms with Gasteiger partial charge in [-0.3, -0.25) is 4.79 Å². The number of nitrogens with zero attached hydrogens (tertiary/aromatic N) is 1. The second kappa shape index (κ2) is 5.86. The molecule has 2 rings (SSSR count). The van der Waals surface area contributed by atoms with E-state index in [0.717, 1.165) is 11.3 Å². The van der Waals surface area contributed by atoms with Crippen LogP contribution in [0, 0.1) is 0 Å². The first-order valence-electron chi connectivity index (χ1n) is 5.81. The van der Waals surface area contributed by atoms with Crippen LogP contribution in [0.15, 0.2) is 42.6 Å². The van der Waals surface area contributed by atoms with E-state index in [1.807, 2.05) is 24.3 Å². The molecule has 0 aliphatic heterocycles. The number of aromatic nitrogens is 1. The molecule has 0 aliphatic rings. The summed E-state index contributed by atoms with van der Waals surface area (Å²) in [4.78, 5) is 15.1. The fourth-order valence-corrected chi connectivity index (χ4v) is 1.59. The van der Waals surface area contributed by atoms with Crippen LogP contribution >= 0.6 is 0 Å². The molecule has 0 fully saturated rings. The van der Waals surface area contributed by atoms with Crippen molar-refractivity contribution < 1.29 is 9.53 Å². The Bertz CT molecular complexity index is 550. The molecule has 0 atom stereocenters. The number of ether oxygens (including phenoxy) is 1. The highest BCUT2D eigenvalue weighted by Crippen LogP contribution is 2.12. The fraction of sp³-hybridized carbons (Fsp3) is 0.143. The molecular formula is C14H15N3O2. The Labute approximate surface area is 111 Å². The SMILES string of the molecule is COc1ccc(CNc2ccc(C(N)=O)cc2)cn1. The minimum Gasteiger partial charge on any atom is -0.481 e. The molecule has 0 aliphatic carbocycles. The van der Waals surface area contributed by atoms with Gasteiger partial charge in [0, 0.05) is 30.1 Å². The van der Waals surface area contributed by atoms with Crippen molar-refractivity contribution >= 4 is 11.6 Å². The molecule has 3 N–H and O–H groups in total. The average molecular weight is 257 g/mol. The lowest BCUT2D eigenvalue weighted by Gasteiger charge is -2.07. The number of anilines is 1. The Morgan fingerprint density at radius 3 is 2.53 bits per heavy atom. The van der Waals surface area contributed by atoms with Crippen LogP contribution in [0.3, 0.4) is 0 Å². The largest absolute Gasteiger partial charge is 0.481 e. The molecule has 1 heterocycles. The van der Waals surface area contributed by atoms with E-state index in [9.17, 15) is 4.79 Å². The molecule has 0 unspecified atom stereocenters. The third-order valence-corrected chi connectivity index (χ3v) is 2.67. The number of carbonyl (C=O) groups is 1. The molecule has 0 spiro atoms. The van der Waals surface area contributed by atoms with Crippen LogP contribution in [-0.2, 0) is 6.54 Å². The third kappa shape index (κ3) is 3.45. The lowest BCUT2D eigenvalue weighted by atomic mass is 10.2. The number of methoxy groups -OCH3 is 1. The number of carbonyl (C=O) groups excluding carboxylic acids is 1. The Morgan fingerprint density at radius 2 is 2.00 bits per heavy atom. The molecule has 19 heavy (non-hydrogen) atoms. The molecule has 0 saturated heterocycles. The summed E-state index contributed by atoms with van der Waals surface area (Å²) < 4.78 is 4.99. The van der Waals surface area contributed by atoms with E-state index in [4.69, 9.17) is 10.5 Å². The number of hydrogen-bond donors (Lipinski definition) is 2. The number of nitrogens with two attached hydrogens (primary N) is 1. The minimum atomic E-state index is -0.425. The van der Waals surface area contributed by atoms with Gasteiger partial charge in [-0.15, -0.1) is 0 Å². The zero-order valence-corrected chi connectivity index (χ0v) is 10.6. The third-order valence-electron chi connectivity index (χ3n) is 2.67. The minimum absolute atomic E-state index is 0.425. The van der Waals surface area contributed by atoms with Gasteiger partial charge in [-0.2, -0.15) is 0 Å². The van der Waals surface area contributed by atoms with E-state index in [1.165, 1.54) is 0 Å². The van der Waals surface area contributed by atoms with Crippen LogP contribution in [0.2, 0.25) is 0 Å². The molecule has 0 bridgehead atoms. The topological polar surface area (TPSA) is 77.2 Å². The summed E-state index contributed by atoms with van der Waals surface area (Å²) in [5, 5.41) is 3.23. The van der Waals surface area contributed by atoms with Crippen molar-refractivity contribution in [2.45, 2.75) is 6.54 Å². The van der Waals surface area contributed by atoms with Gasteiger partial charge in [0.2, 0.25) is 11.8 Å². The number of pyridine rings is 1. The summed E-state index contributed by atoms with van der Waals surface area (Å²) in [6.07, 6.45) is 1.75. The molecule has 98 valence electrons. The van der Waals surface area contributed by atoms with Crippen molar-refractivity contribution in [2.24, 2.45) is 5.73 Å². The summed E-state index contributed by atoms with van der Waals surface area (Å²) in [5.41, 5.74) is 7.63. The highest BCUT2D eigenvalue weighted by Gasteiger charge is 2.00. The highest BCUT2D eigenvalue weighted by atomic mass is 16.5. The lowest BCUT2D eigenvalue weighted by Crippen LogP contribution is -2.10. The van der Waals surface area contributed by atoms with Crippen LogP contribution < -0.4 is 15.8 Å². The Hall–Kier alpha value is -2.56. The van der Waals surface area contributed by atoms with E-state index in [2.05, 4.69) is 10.3 Å². The molecule has 0 radical (unpaired) electrons. The summed E-state index contributed by atoms with van der Waals surface area (Å²) in [6, 6.07) is 10.8. The van der Waals surface area contributed by atoms with Gasteiger partial charge in [0.15, 0.2) is 0 Å². The maximum Gasteiger partial charge on any atom is 0.248 e. The van der Waals surface area contributed by atoms with Gasteiger partial charge in [-0.25, -0.2) is 4.98 Å². The maximum absolute atomic E-state index is 10.9. The first kappa shape index (κ1) is 12.9. The fourth-order valence-electron chi connectivity index (χ4n) is 1.59. The Morgan fingerprint density at radius 1 is 1.26 bits per heavy atom. The van der Waals surface area contributed by atoms with Gasteiger partial charge in [-0.1, -0.05) is 6.07 Å². The number of rotatable bonds is 5. The van der Waals surface area contributed by atoms with Crippen molar-refractivity contribution in [2.75, 3.05) is 12.4 Å². The number of hydrogen-bond acceptors (Lipinski definition) is 4. The molecular weight excluding hydrogens is 242 g/mol. The highest BCUT2D eigenvalue weighted by molar-refractivity contribution is 5.93. The summed E-state index contributed by atoms with van der Waals surface area (Å²) in [7, 11) is 1.58. The van der Waals surface area contributed by atoms with Crippen molar-refractivity contribution in [1.82, 2.24) is 4.98 Å².